The summed E-state index contributed by atoms with van der Waals surface area (Å²) in [6.07, 6.45) is 2.45. The molecule has 0 radical (unpaired) electrons. The second-order valence-electron chi connectivity index (χ2n) is 7.28. The van der Waals surface area contributed by atoms with E-state index in [1.165, 1.54) is 12.8 Å². The largest absolute Gasteiger partial charge is 0.326 e. The van der Waals surface area contributed by atoms with Crippen LogP contribution in [-0.2, 0) is 13.1 Å². The van der Waals surface area contributed by atoms with Crippen molar-refractivity contribution in [2.75, 3.05) is 18.4 Å². The van der Waals surface area contributed by atoms with Crippen LogP contribution in [0.5, 0.6) is 0 Å². The fraction of sp³-hybridized carbons (Fsp3) is 0.364. The van der Waals surface area contributed by atoms with Crippen LogP contribution in [0.2, 0.25) is 0 Å². The molecule has 0 saturated carbocycles. The first kappa shape index (κ1) is 17.7. The number of carbonyl (C=O) groups is 1. The number of hydrogen-bond donors (Lipinski definition) is 1. The van der Waals surface area contributed by atoms with Crippen molar-refractivity contribution in [3.8, 4) is 0 Å². The molecular formula is C22H26N4O. The number of unbranched alkanes of at least 4 members (excludes halogenated alkanes) is 1. The molecule has 1 N–H and O–H groups in total. The molecule has 4 rings (SSSR count). The normalized spacial score (nSPS) is 14.3. The van der Waals surface area contributed by atoms with Gasteiger partial charge < -0.3 is 9.88 Å². The highest BCUT2D eigenvalue weighted by Gasteiger charge is 2.20. The van der Waals surface area contributed by atoms with Crippen LogP contribution in [0.3, 0.4) is 0 Å². The lowest BCUT2D eigenvalue weighted by atomic mass is 10.1. The number of carbonyl (C=O) groups excluding carboxylic acids is 1. The molecule has 27 heavy (non-hydrogen) atoms. The Bertz CT molecular complexity index is 976. The van der Waals surface area contributed by atoms with E-state index in [0.717, 1.165) is 54.3 Å². The van der Waals surface area contributed by atoms with E-state index in [9.17, 15) is 4.79 Å². The predicted octanol–water partition coefficient (Wildman–Crippen LogP) is 4.21. The van der Waals surface area contributed by atoms with Crippen LogP contribution in [0.1, 0.15) is 41.5 Å². The van der Waals surface area contributed by atoms with Gasteiger partial charge >= 0.3 is 0 Å². The van der Waals surface area contributed by atoms with Crippen molar-refractivity contribution in [3.05, 3.63) is 59.4 Å². The highest BCUT2D eigenvalue weighted by molar-refractivity contribution is 6.05. The number of aromatic nitrogens is 2. The van der Waals surface area contributed by atoms with E-state index in [2.05, 4.69) is 27.8 Å². The quantitative estimate of drug-likeness (QED) is 0.739. The number of nitrogens with one attached hydrogen (secondary N) is 1. The minimum Gasteiger partial charge on any atom is -0.326 e. The first-order chi connectivity index (χ1) is 13.2. The van der Waals surface area contributed by atoms with Crippen LogP contribution >= 0.6 is 0 Å². The van der Waals surface area contributed by atoms with Crippen LogP contribution in [0.15, 0.2) is 42.5 Å². The molecule has 3 aromatic rings. The topological polar surface area (TPSA) is 50.2 Å². The number of hydrogen-bond acceptors (Lipinski definition) is 3. The monoisotopic (exact) mass is 362 g/mol. The summed E-state index contributed by atoms with van der Waals surface area (Å²) in [5.74, 6) is 1.04. The lowest BCUT2D eigenvalue weighted by Gasteiger charge is -2.27. The van der Waals surface area contributed by atoms with E-state index in [1.54, 1.807) is 0 Å². The first-order valence-electron chi connectivity index (χ1n) is 9.74. The molecule has 1 aliphatic heterocycles. The molecule has 2 heterocycles. The zero-order valence-corrected chi connectivity index (χ0v) is 16.0. The summed E-state index contributed by atoms with van der Waals surface area (Å²) >= 11 is 0. The molecule has 0 spiro atoms. The third-order valence-corrected chi connectivity index (χ3v) is 5.31. The van der Waals surface area contributed by atoms with Gasteiger partial charge in [-0.05, 0) is 49.7 Å². The van der Waals surface area contributed by atoms with Gasteiger partial charge in [0.1, 0.15) is 5.82 Å². The van der Waals surface area contributed by atoms with Gasteiger partial charge in [0.05, 0.1) is 17.6 Å². The van der Waals surface area contributed by atoms with Gasteiger partial charge in [-0.3, -0.25) is 9.69 Å². The number of fused-ring (bicyclic) bond motifs is 3. The summed E-state index contributed by atoms with van der Waals surface area (Å²) < 4.78 is 2.31. The van der Waals surface area contributed by atoms with Gasteiger partial charge in [0, 0.05) is 24.3 Å². The zero-order chi connectivity index (χ0) is 18.8. The maximum absolute atomic E-state index is 12.6. The summed E-state index contributed by atoms with van der Waals surface area (Å²) in [5, 5.41) is 3.01. The molecule has 0 saturated heterocycles. The smallest absolute Gasteiger partial charge is 0.255 e. The second-order valence-corrected chi connectivity index (χ2v) is 7.28. The van der Waals surface area contributed by atoms with Crippen molar-refractivity contribution in [1.29, 1.82) is 0 Å². The van der Waals surface area contributed by atoms with Crippen LogP contribution < -0.4 is 5.32 Å². The molecule has 5 nitrogen and oxygen atoms in total. The van der Waals surface area contributed by atoms with Gasteiger partial charge in [0.15, 0.2) is 0 Å². The molecule has 5 heteroatoms. The molecule has 0 aliphatic carbocycles. The van der Waals surface area contributed by atoms with Gasteiger partial charge in [0.25, 0.3) is 5.91 Å². The average molecular weight is 362 g/mol. The Morgan fingerprint density at radius 3 is 2.85 bits per heavy atom. The van der Waals surface area contributed by atoms with Crippen molar-refractivity contribution in [2.24, 2.45) is 0 Å². The lowest BCUT2D eigenvalue weighted by Crippen LogP contribution is -2.34. The molecule has 1 aliphatic rings. The summed E-state index contributed by atoms with van der Waals surface area (Å²) in [5.41, 5.74) is 4.56. The molecule has 2 aromatic carbocycles. The van der Waals surface area contributed by atoms with E-state index in [0.29, 0.717) is 5.56 Å². The molecule has 0 bridgehead atoms. The van der Waals surface area contributed by atoms with E-state index < -0.39 is 0 Å². The van der Waals surface area contributed by atoms with Crippen LogP contribution in [-0.4, -0.2) is 33.4 Å². The Labute approximate surface area is 160 Å². The highest BCUT2D eigenvalue weighted by Crippen LogP contribution is 2.24. The molecule has 0 atom stereocenters. The number of amides is 1. The third-order valence-electron chi connectivity index (χ3n) is 5.31. The van der Waals surface area contributed by atoms with Gasteiger partial charge in [0.2, 0.25) is 0 Å². The van der Waals surface area contributed by atoms with Gasteiger partial charge in [-0.25, -0.2) is 4.98 Å². The van der Waals surface area contributed by atoms with E-state index >= 15 is 0 Å². The SMILES string of the molecule is CCCCN1CCn2c(nc3cc(NC(=O)c4ccccc4C)ccc32)C1. The molecule has 0 unspecified atom stereocenters. The maximum Gasteiger partial charge on any atom is 0.255 e. The summed E-state index contributed by atoms with van der Waals surface area (Å²) in [6.45, 7) is 8.27. The van der Waals surface area contributed by atoms with Gasteiger partial charge in [-0.2, -0.15) is 0 Å². The number of aryl methyl sites for hydroxylation is 1. The Morgan fingerprint density at radius 1 is 1.19 bits per heavy atom. The van der Waals surface area contributed by atoms with Crippen molar-refractivity contribution in [2.45, 2.75) is 39.8 Å². The van der Waals surface area contributed by atoms with Crippen molar-refractivity contribution < 1.29 is 4.79 Å². The third kappa shape index (κ3) is 3.60. The standard InChI is InChI=1S/C22H26N4O/c1-3-4-11-25-12-13-26-20-10-9-17(14-19(20)24-21(26)15-25)23-22(27)18-8-6-5-7-16(18)2/h5-10,14H,3-4,11-13,15H2,1-2H3,(H,23,27). The van der Waals surface area contributed by atoms with Crippen LogP contribution in [0.25, 0.3) is 11.0 Å². The lowest BCUT2D eigenvalue weighted by molar-refractivity contribution is 0.102. The Morgan fingerprint density at radius 2 is 2.04 bits per heavy atom. The summed E-state index contributed by atoms with van der Waals surface area (Å²) in [4.78, 5) is 19.9. The number of anilines is 1. The molecule has 1 aromatic heterocycles. The first-order valence-corrected chi connectivity index (χ1v) is 9.74. The Hall–Kier alpha value is -2.66. The number of nitrogens with zero attached hydrogens (tertiary/aromatic N) is 3. The van der Waals surface area contributed by atoms with Gasteiger partial charge in [-0.1, -0.05) is 31.5 Å². The minimum atomic E-state index is -0.0813. The summed E-state index contributed by atoms with van der Waals surface area (Å²) in [7, 11) is 0. The fourth-order valence-electron chi connectivity index (χ4n) is 3.75. The van der Waals surface area contributed by atoms with E-state index in [4.69, 9.17) is 4.98 Å². The van der Waals surface area contributed by atoms with Crippen LogP contribution in [0, 0.1) is 6.92 Å². The fourth-order valence-corrected chi connectivity index (χ4v) is 3.75. The average Bonchev–Trinajstić information content (AvgIpc) is 3.03. The molecule has 0 fully saturated rings. The Kier molecular flexibility index (Phi) is 4.94. The number of benzene rings is 2. The van der Waals surface area contributed by atoms with Gasteiger partial charge in [-0.15, -0.1) is 0 Å². The van der Waals surface area contributed by atoms with E-state index in [-0.39, 0.29) is 5.91 Å². The minimum absolute atomic E-state index is 0.0813. The van der Waals surface area contributed by atoms with Crippen molar-refractivity contribution in [1.82, 2.24) is 14.5 Å². The van der Waals surface area contributed by atoms with Crippen molar-refractivity contribution in [3.63, 3.8) is 0 Å². The van der Waals surface area contributed by atoms with E-state index in [1.807, 2.05) is 43.3 Å². The molecule has 1 amide bonds. The summed E-state index contributed by atoms with van der Waals surface area (Å²) in [6, 6.07) is 13.6. The number of rotatable bonds is 5. The molecular weight excluding hydrogens is 336 g/mol. The second kappa shape index (κ2) is 7.53. The number of imidazole rings is 1. The zero-order valence-electron chi connectivity index (χ0n) is 16.0. The Balaban J connectivity index is 1.55. The maximum atomic E-state index is 12.6. The highest BCUT2D eigenvalue weighted by atomic mass is 16.1. The van der Waals surface area contributed by atoms with Crippen molar-refractivity contribution >= 4 is 22.6 Å². The molecule has 140 valence electrons. The van der Waals surface area contributed by atoms with Crippen LogP contribution in [0.4, 0.5) is 5.69 Å². The predicted molar refractivity (Wildman–Crippen MR) is 109 cm³/mol.